The Morgan fingerprint density at radius 3 is 2.27 bits per heavy atom. The van der Waals surface area contributed by atoms with Crippen molar-refractivity contribution in [3.63, 3.8) is 0 Å². The molecule has 0 saturated carbocycles. The second-order valence-corrected chi connectivity index (χ2v) is 12.6. The van der Waals surface area contributed by atoms with Gasteiger partial charge in [-0.3, -0.25) is 9.59 Å². The summed E-state index contributed by atoms with van der Waals surface area (Å²) in [6.07, 6.45) is 11.4. The minimum absolute atomic E-state index is 0.104. The van der Waals surface area contributed by atoms with E-state index in [9.17, 15) is 9.59 Å². The van der Waals surface area contributed by atoms with Gasteiger partial charge < -0.3 is 24.7 Å². The van der Waals surface area contributed by atoms with Gasteiger partial charge >= 0.3 is 0 Å². The number of hydrogen-bond acceptors (Lipinski definition) is 6. The summed E-state index contributed by atoms with van der Waals surface area (Å²) in [7, 11) is 3.64. The molecule has 8 nitrogen and oxygen atoms in total. The second kappa shape index (κ2) is 25.0. The molecule has 0 fully saturated rings. The number of carbonyl (C=O) groups is 3. The molecule has 2 amide bonds. The van der Waals surface area contributed by atoms with Gasteiger partial charge in [-0.2, -0.15) is 0 Å². The third-order valence-electron chi connectivity index (χ3n) is 7.25. The Morgan fingerprint density at radius 1 is 1.04 bits per heavy atom. The van der Waals surface area contributed by atoms with E-state index in [1.54, 1.807) is 23.0 Å². The first-order chi connectivity index (χ1) is 21.5. The highest BCUT2D eigenvalue weighted by molar-refractivity contribution is 7.14. The maximum absolute atomic E-state index is 12.0. The van der Waals surface area contributed by atoms with Crippen molar-refractivity contribution in [1.29, 1.82) is 0 Å². The Bertz CT molecular complexity index is 1200. The average Bonchev–Trinajstić information content (AvgIpc) is 3.69. The fourth-order valence-electron chi connectivity index (χ4n) is 4.01. The zero-order valence-corrected chi connectivity index (χ0v) is 30.0. The van der Waals surface area contributed by atoms with Crippen LogP contribution >= 0.6 is 11.3 Å². The van der Waals surface area contributed by atoms with Gasteiger partial charge in [0.05, 0.1) is 17.8 Å². The standard InChI is InChI=1S/C18H18N4O2S.C12H26O.C5H12.CH2O/c1-12-4-3-5-13(8-12)15-11-25-18(20-15)21-16(23)9-19-17(24)14-6-7-22(2)10-14;1-5-7-12(10-13-4)9-8-11(3)6-2;1-4-5(2)3;1-2/h3-8,10-11H,9H2,1-2H3,(H,19,24)(H,20,21,23);11-12H,5-10H2,1-4H3;5H,4H2,1-3H3;1H2. The lowest BCUT2D eigenvalue weighted by Crippen LogP contribution is -2.32. The highest BCUT2D eigenvalue weighted by Gasteiger charge is 2.12. The van der Waals surface area contributed by atoms with Crippen LogP contribution in [0.1, 0.15) is 96.0 Å². The minimum Gasteiger partial charge on any atom is -0.384 e. The molecular weight excluding hydrogens is 584 g/mol. The van der Waals surface area contributed by atoms with Crippen LogP contribution in [0.15, 0.2) is 48.1 Å². The Labute approximate surface area is 276 Å². The molecule has 2 unspecified atom stereocenters. The fourth-order valence-corrected chi connectivity index (χ4v) is 4.75. The van der Waals surface area contributed by atoms with Crippen molar-refractivity contribution in [2.24, 2.45) is 24.8 Å². The van der Waals surface area contributed by atoms with Gasteiger partial charge in [0.25, 0.3) is 5.91 Å². The van der Waals surface area contributed by atoms with Gasteiger partial charge in [0, 0.05) is 44.1 Å². The number of hydrogen-bond donors (Lipinski definition) is 2. The molecule has 0 bridgehead atoms. The third kappa shape index (κ3) is 19.0. The van der Waals surface area contributed by atoms with Gasteiger partial charge in [0.1, 0.15) is 6.79 Å². The summed E-state index contributed by atoms with van der Waals surface area (Å²) in [6.45, 7) is 18.4. The van der Waals surface area contributed by atoms with Gasteiger partial charge in [-0.15, -0.1) is 11.3 Å². The normalized spacial score (nSPS) is 11.5. The van der Waals surface area contributed by atoms with Crippen LogP contribution < -0.4 is 10.6 Å². The molecule has 1 aromatic carbocycles. The number of thiazole rings is 1. The molecule has 0 aliphatic heterocycles. The molecule has 2 aromatic heterocycles. The number of aryl methyl sites for hydroxylation is 2. The predicted octanol–water partition coefficient (Wildman–Crippen LogP) is 8.57. The molecule has 9 heteroatoms. The molecular formula is C36H58N4O4S. The van der Waals surface area contributed by atoms with Crippen molar-refractivity contribution in [3.05, 3.63) is 59.2 Å². The van der Waals surface area contributed by atoms with Crippen molar-refractivity contribution >= 4 is 35.1 Å². The van der Waals surface area contributed by atoms with Crippen molar-refractivity contribution in [1.82, 2.24) is 14.9 Å². The predicted molar refractivity (Wildman–Crippen MR) is 190 cm³/mol. The van der Waals surface area contributed by atoms with Crippen molar-refractivity contribution in [3.8, 4) is 11.3 Å². The molecule has 252 valence electrons. The number of anilines is 1. The summed E-state index contributed by atoms with van der Waals surface area (Å²) < 4.78 is 7.00. The van der Waals surface area contributed by atoms with Gasteiger partial charge in [-0.1, -0.05) is 91.0 Å². The maximum Gasteiger partial charge on any atom is 0.253 e. The summed E-state index contributed by atoms with van der Waals surface area (Å²) in [6, 6.07) is 9.71. The number of amides is 2. The molecule has 0 saturated heterocycles. The lowest BCUT2D eigenvalue weighted by molar-refractivity contribution is -0.115. The SMILES string of the molecule is C=O.CCC(C)C.CCCC(CCC(C)CC)COC.Cc1cccc(-c2csc(NC(=O)CNC(=O)c3ccn(C)c3)n2)c1. The molecule has 2 atom stereocenters. The number of rotatable bonds is 14. The van der Waals surface area contributed by atoms with Crippen molar-refractivity contribution in [2.75, 3.05) is 25.6 Å². The number of ether oxygens (including phenoxy) is 1. The van der Waals surface area contributed by atoms with E-state index in [2.05, 4.69) is 57.2 Å². The Kier molecular flexibility index (Phi) is 23.1. The second-order valence-electron chi connectivity index (χ2n) is 11.7. The van der Waals surface area contributed by atoms with E-state index in [1.165, 1.54) is 49.9 Å². The molecule has 0 spiro atoms. The third-order valence-corrected chi connectivity index (χ3v) is 8.01. The first-order valence-corrected chi connectivity index (χ1v) is 16.9. The monoisotopic (exact) mass is 642 g/mol. The molecule has 3 rings (SSSR count). The average molecular weight is 643 g/mol. The van der Waals surface area contributed by atoms with Gasteiger partial charge in [0.2, 0.25) is 5.91 Å². The molecule has 2 N–H and O–H groups in total. The number of benzene rings is 1. The molecule has 0 aliphatic rings. The Balaban J connectivity index is 0.000000813. The van der Waals surface area contributed by atoms with E-state index in [0.29, 0.717) is 10.7 Å². The summed E-state index contributed by atoms with van der Waals surface area (Å²) in [4.78, 5) is 36.3. The summed E-state index contributed by atoms with van der Waals surface area (Å²) in [5, 5.41) is 7.70. The van der Waals surface area contributed by atoms with Gasteiger partial charge in [-0.25, -0.2) is 4.98 Å². The highest BCUT2D eigenvalue weighted by Crippen LogP contribution is 2.25. The van der Waals surface area contributed by atoms with Crippen LogP contribution in [0.3, 0.4) is 0 Å². The summed E-state index contributed by atoms with van der Waals surface area (Å²) >= 11 is 1.35. The van der Waals surface area contributed by atoms with Crippen molar-refractivity contribution in [2.45, 2.75) is 87.0 Å². The smallest absolute Gasteiger partial charge is 0.253 e. The van der Waals surface area contributed by atoms with Crippen LogP contribution in [-0.2, 0) is 21.4 Å². The number of nitrogens with zero attached hydrogens (tertiary/aromatic N) is 2. The van der Waals surface area contributed by atoms with E-state index >= 15 is 0 Å². The Morgan fingerprint density at radius 2 is 1.73 bits per heavy atom. The molecule has 0 radical (unpaired) electrons. The van der Waals surface area contributed by atoms with E-state index in [-0.39, 0.29) is 18.4 Å². The lowest BCUT2D eigenvalue weighted by Gasteiger charge is -2.17. The molecule has 2 heterocycles. The van der Waals surface area contributed by atoms with Crippen LogP contribution in [0, 0.1) is 24.7 Å². The highest BCUT2D eigenvalue weighted by atomic mass is 32.1. The molecule has 0 aliphatic carbocycles. The number of aromatic nitrogens is 2. The number of nitrogens with one attached hydrogen (secondary N) is 2. The summed E-state index contributed by atoms with van der Waals surface area (Å²) in [5.41, 5.74) is 3.50. The molecule has 3 aromatic rings. The zero-order valence-electron chi connectivity index (χ0n) is 29.2. The first kappa shape index (κ1) is 41.7. The summed E-state index contributed by atoms with van der Waals surface area (Å²) in [5.74, 6) is 1.97. The quantitative estimate of drug-likeness (QED) is 0.183. The van der Waals surface area contributed by atoms with Gasteiger partial charge in [0.15, 0.2) is 5.13 Å². The zero-order chi connectivity index (χ0) is 34.2. The van der Waals surface area contributed by atoms with E-state index in [4.69, 9.17) is 9.53 Å². The van der Waals surface area contributed by atoms with E-state index in [1.807, 2.05) is 57.5 Å². The maximum atomic E-state index is 12.0. The molecule has 45 heavy (non-hydrogen) atoms. The van der Waals surface area contributed by atoms with E-state index in [0.717, 1.165) is 41.2 Å². The first-order valence-electron chi connectivity index (χ1n) is 16.0. The van der Waals surface area contributed by atoms with Gasteiger partial charge in [-0.05, 0) is 49.7 Å². The number of methoxy groups -OCH3 is 1. The van der Waals surface area contributed by atoms with Crippen LogP contribution in [0.25, 0.3) is 11.3 Å². The van der Waals surface area contributed by atoms with Crippen molar-refractivity contribution < 1.29 is 19.1 Å². The largest absolute Gasteiger partial charge is 0.384 e. The van der Waals surface area contributed by atoms with Crippen LogP contribution in [-0.4, -0.2) is 48.4 Å². The van der Waals surface area contributed by atoms with Crippen LogP contribution in [0.5, 0.6) is 0 Å². The topological polar surface area (TPSA) is 102 Å². The Hall–Kier alpha value is -3.30. The lowest BCUT2D eigenvalue weighted by atomic mass is 9.93. The van der Waals surface area contributed by atoms with Crippen LogP contribution in [0.2, 0.25) is 0 Å². The minimum atomic E-state index is -0.311. The van der Waals surface area contributed by atoms with Crippen LogP contribution in [0.4, 0.5) is 5.13 Å². The van der Waals surface area contributed by atoms with E-state index < -0.39 is 0 Å². The fraction of sp³-hybridized carbons (Fsp3) is 0.556. The number of carbonyl (C=O) groups excluding carboxylic acids is 3.